The minimum atomic E-state index is -0.505. The highest BCUT2D eigenvalue weighted by Crippen LogP contribution is 2.06. The van der Waals surface area contributed by atoms with Crippen LogP contribution < -0.4 is 0 Å². The predicted molar refractivity (Wildman–Crippen MR) is 41.0 cm³/mol. The van der Waals surface area contributed by atoms with Crippen molar-refractivity contribution in [3.8, 4) is 0 Å². The molecule has 1 rings (SSSR count). The monoisotopic (exact) mass is 161 g/mol. The van der Waals surface area contributed by atoms with E-state index in [0.717, 1.165) is 0 Å². The van der Waals surface area contributed by atoms with Crippen molar-refractivity contribution in [3.63, 3.8) is 0 Å². The number of amides is 2. The zero-order valence-corrected chi connectivity index (χ0v) is 6.13. The van der Waals surface area contributed by atoms with Gasteiger partial charge in [0.15, 0.2) is 0 Å². The number of imide groups is 1. The third-order valence-corrected chi connectivity index (χ3v) is 1.03. The van der Waals surface area contributed by atoms with Gasteiger partial charge in [-0.25, -0.2) is 0 Å². The van der Waals surface area contributed by atoms with Crippen LogP contribution in [0.1, 0.15) is 34.1 Å². The van der Waals surface area contributed by atoms with Crippen molar-refractivity contribution in [2.45, 2.75) is 34.1 Å². The number of hydroxylamine groups is 2. The van der Waals surface area contributed by atoms with E-state index in [1.54, 1.807) is 0 Å². The van der Waals surface area contributed by atoms with Crippen molar-refractivity contribution >= 4 is 11.8 Å². The molecular weight excluding hydrogens is 146 g/mol. The molecule has 4 heteroatoms. The molecule has 0 unspecified atom stereocenters. The van der Waals surface area contributed by atoms with Gasteiger partial charge < -0.3 is 0 Å². The van der Waals surface area contributed by atoms with E-state index in [4.69, 9.17) is 5.21 Å². The SMILES string of the molecule is C.CC.O=C1CCC(=O)N1O. The summed E-state index contributed by atoms with van der Waals surface area (Å²) in [6, 6.07) is 0. The van der Waals surface area contributed by atoms with Crippen molar-refractivity contribution in [1.29, 1.82) is 0 Å². The molecule has 1 heterocycles. The molecule has 0 aliphatic carbocycles. The van der Waals surface area contributed by atoms with Crippen LogP contribution in [0, 0.1) is 0 Å². The summed E-state index contributed by atoms with van der Waals surface area (Å²) in [5.74, 6) is -1.01. The molecule has 0 aromatic rings. The summed E-state index contributed by atoms with van der Waals surface area (Å²) in [5, 5.41) is 8.57. The largest absolute Gasteiger partial charge is 0.279 e. The lowest BCUT2D eigenvalue weighted by Gasteiger charge is -1.98. The van der Waals surface area contributed by atoms with Crippen LogP contribution in [0.2, 0.25) is 0 Å². The molecule has 1 saturated heterocycles. The molecule has 11 heavy (non-hydrogen) atoms. The van der Waals surface area contributed by atoms with E-state index in [9.17, 15) is 9.59 Å². The molecule has 1 fully saturated rings. The minimum absolute atomic E-state index is 0. The Morgan fingerprint density at radius 2 is 1.45 bits per heavy atom. The van der Waals surface area contributed by atoms with Crippen molar-refractivity contribution in [1.82, 2.24) is 5.06 Å². The Bertz CT molecular complexity index is 129. The van der Waals surface area contributed by atoms with Crippen molar-refractivity contribution in [2.24, 2.45) is 0 Å². The summed E-state index contributed by atoms with van der Waals surface area (Å²) < 4.78 is 0. The fraction of sp³-hybridized carbons (Fsp3) is 0.714. The first-order valence-corrected chi connectivity index (χ1v) is 3.26. The molecule has 0 radical (unpaired) electrons. The average molecular weight is 161 g/mol. The van der Waals surface area contributed by atoms with E-state index in [1.807, 2.05) is 13.8 Å². The zero-order chi connectivity index (χ0) is 8.15. The van der Waals surface area contributed by atoms with Crippen molar-refractivity contribution in [3.05, 3.63) is 0 Å². The molecule has 0 spiro atoms. The van der Waals surface area contributed by atoms with Gasteiger partial charge in [0.25, 0.3) is 11.8 Å². The lowest BCUT2D eigenvalue weighted by molar-refractivity contribution is -0.171. The van der Waals surface area contributed by atoms with Crippen LogP contribution in [-0.2, 0) is 9.59 Å². The second-order valence-electron chi connectivity index (χ2n) is 1.60. The summed E-state index contributed by atoms with van der Waals surface area (Å²) in [7, 11) is 0. The average Bonchev–Trinajstić information content (AvgIpc) is 2.25. The van der Waals surface area contributed by atoms with Crippen LogP contribution in [0.25, 0.3) is 0 Å². The van der Waals surface area contributed by atoms with Gasteiger partial charge in [-0.1, -0.05) is 21.3 Å². The number of nitrogens with zero attached hydrogens (tertiary/aromatic N) is 1. The normalized spacial score (nSPS) is 15.4. The lowest BCUT2D eigenvalue weighted by Crippen LogP contribution is -2.24. The van der Waals surface area contributed by atoms with Gasteiger partial charge in [-0.3, -0.25) is 14.8 Å². The van der Waals surface area contributed by atoms with Gasteiger partial charge in [0.05, 0.1) is 0 Å². The van der Waals surface area contributed by atoms with E-state index in [2.05, 4.69) is 0 Å². The maximum absolute atomic E-state index is 10.2. The van der Waals surface area contributed by atoms with Gasteiger partial charge in [-0.15, -0.1) is 0 Å². The van der Waals surface area contributed by atoms with Gasteiger partial charge in [0.1, 0.15) is 0 Å². The Balaban J connectivity index is 0. The number of hydrogen-bond acceptors (Lipinski definition) is 3. The quantitative estimate of drug-likeness (QED) is 0.429. The van der Waals surface area contributed by atoms with Crippen LogP contribution in [-0.4, -0.2) is 22.1 Å². The molecule has 66 valence electrons. The number of carbonyl (C=O) groups is 2. The highest BCUT2D eigenvalue weighted by molar-refractivity contribution is 6.00. The molecule has 0 aromatic carbocycles. The third kappa shape index (κ3) is 3.13. The highest BCUT2D eigenvalue weighted by Gasteiger charge is 2.26. The van der Waals surface area contributed by atoms with E-state index in [1.165, 1.54) is 0 Å². The van der Waals surface area contributed by atoms with Crippen LogP contribution >= 0.6 is 0 Å². The molecule has 0 bridgehead atoms. The minimum Gasteiger partial charge on any atom is -0.279 e. The summed E-state index contributed by atoms with van der Waals surface area (Å²) >= 11 is 0. The predicted octanol–water partition coefficient (Wildman–Crippen LogP) is 1.19. The second-order valence-corrected chi connectivity index (χ2v) is 1.60. The molecule has 4 nitrogen and oxygen atoms in total. The van der Waals surface area contributed by atoms with Crippen LogP contribution in [0.15, 0.2) is 0 Å². The van der Waals surface area contributed by atoms with Crippen LogP contribution in [0.5, 0.6) is 0 Å². The van der Waals surface area contributed by atoms with E-state index in [-0.39, 0.29) is 25.3 Å². The molecular formula is C7H15NO3. The highest BCUT2D eigenvalue weighted by atomic mass is 16.5. The first-order chi connectivity index (χ1) is 4.72. The van der Waals surface area contributed by atoms with Gasteiger partial charge >= 0.3 is 0 Å². The number of carbonyl (C=O) groups excluding carboxylic acids is 2. The smallest absolute Gasteiger partial charge is 0.253 e. The third-order valence-electron chi connectivity index (χ3n) is 1.03. The molecule has 2 amide bonds. The Morgan fingerprint density at radius 1 is 1.18 bits per heavy atom. The Morgan fingerprint density at radius 3 is 1.55 bits per heavy atom. The summed E-state index contributed by atoms with van der Waals surface area (Å²) in [6.45, 7) is 4.00. The van der Waals surface area contributed by atoms with Crippen LogP contribution in [0.3, 0.4) is 0 Å². The maximum Gasteiger partial charge on any atom is 0.253 e. The van der Waals surface area contributed by atoms with E-state index in [0.29, 0.717) is 0 Å². The second kappa shape index (κ2) is 5.85. The zero-order valence-electron chi connectivity index (χ0n) is 6.13. The summed E-state index contributed by atoms with van der Waals surface area (Å²) in [4.78, 5) is 20.5. The maximum atomic E-state index is 10.2. The van der Waals surface area contributed by atoms with Gasteiger partial charge in [0.2, 0.25) is 0 Å². The topological polar surface area (TPSA) is 57.6 Å². The number of hydrogen-bond donors (Lipinski definition) is 1. The van der Waals surface area contributed by atoms with Crippen LogP contribution in [0.4, 0.5) is 0 Å². The first-order valence-electron chi connectivity index (χ1n) is 3.26. The molecule has 0 atom stereocenters. The van der Waals surface area contributed by atoms with Crippen molar-refractivity contribution < 1.29 is 14.8 Å². The first kappa shape index (κ1) is 12.7. The van der Waals surface area contributed by atoms with Crippen molar-refractivity contribution in [2.75, 3.05) is 0 Å². The van der Waals surface area contributed by atoms with E-state index < -0.39 is 11.8 Å². The number of rotatable bonds is 0. The fourth-order valence-corrected chi connectivity index (χ4v) is 0.565. The Kier molecular flexibility index (Phi) is 6.78. The Hall–Kier alpha value is -0.900. The van der Waals surface area contributed by atoms with Gasteiger partial charge in [-0.2, -0.15) is 5.06 Å². The Labute approximate surface area is 66.8 Å². The standard InChI is InChI=1S/C4H5NO3.C2H6.CH4/c6-3-1-2-4(7)5(3)8;1-2;/h8H,1-2H2;1-2H3;1H4. The summed E-state index contributed by atoms with van der Waals surface area (Å²) in [6.07, 6.45) is 0.296. The molecule has 1 aliphatic rings. The van der Waals surface area contributed by atoms with Gasteiger partial charge in [0, 0.05) is 12.8 Å². The molecule has 1 N–H and O–H groups in total. The molecule has 1 aliphatic heterocycles. The van der Waals surface area contributed by atoms with Gasteiger partial charge in [-0.05, 0) is 0 Å². The molecule has 0 saturated carbocycles. The molecule has 0 aromatic heterocycles. The summed E-state index contributed by atoms with van der Waals surface area (Å²) in [5.41, 5.74) is 0. The van der Waals surface area contributed by atoms with E-state index >= 15 is 0 Å². The fourth-order valence-electron chi connectivity index (χ4n) is 0.565. The lowest BCUT2D eigenvalue weighted by atomic mass is 10.4.